The number of ether oxygens (including phenoxy) is 2. The van der Waals surface area contributed by atoms with Crippen LogP contribution in [0.3, 0.4) is 0 Å². The molecule has 2 heterocycles. The van der Waals surface area contributed by atoms with Crippen molar-refractivity contribution in [1.82, 2.24) is 4.98 Å². The molecule has 4 rings (SSSR count). The lowest BCUT2D eigenvalue weighted by Gasteiger charge is -2.37. The van der Waals surface area contributed by atoms with Gasteiger partial charge in [-0.3, -0.25) is 9.78 Å². The summed E-state index contributed by atoms with van der Waals surface area (Å²) in [7, 11) is 1.74. The number of carbonyl (C=O) groups excluding carboxylic acids is 1. The summed E-state index contributed by atoms with van der Waals surface area (Å²) in [6, 6.07) is 10.9. The minimum Gasteiger partial charge on any atom is -0.507 e. The molecule has 0 aliphatic carbocycles. The smallest absolute Gasteiger partial charge is 0.259 e. The highest BCUT2D eigenvalue weighted by atomic mass is 16.5. The van der Waals surface area contributed by atoms with Crippen LogP contribution in [0.5, 0.6) is 17.2 Å². The Bertz CT molecular complexity index is 1180. The van der Waals surface area contributed by atoms with E-state index in [4.69, 9.17) is 9.47 Å². The van der Waals surface area contributed by atoms with Crippen molar-refractivity contribution in [2.24, 2.45) is 0 Å². The summed E-state index contributed by atoms with van der Waals surface area (Å²) < 4.78 is 12.5. The van der Waals surface area contributed by atoms with Gasteiger partial charge in [-0.05, 0) is 93.6 Å². The van der Waals surface area contributed by atoms with Crippen molar-refractivity contribution in [1.29, 1.82) is 0 Å². The second kappa shape index (κ2) is 8.77. The Labute approximate surface area is 194 Å². The molecule has 1 unspecified atom stereocenters. The molecule has 172 valence electrons. The van der Waals surface area contributed by atoms with E-state index >= 15 is 0 Å². The number of aromatic hydroxyl groups is 1. The quantitative estimate of drug-likeness (QED) is 0.587. The number of carbonyl (C=O) groups is 1. The van der Waals surface area contributed by atoms with E-state index in [0.29, 0.717) is 23.7 Å². The fourth-order valence-corrected chi connectivity index (χ4v) is 4.20. The maximum atomic E-state index is 12.6. The van der Waals surface area contributed by atoms with Gasteiger partial charge in [0.05, 0.1) is 5.56 Å². The Morgan fingerprint density at radius 1 is 1.15 bits per heavy atom. The van der Waals surface area contributed by atoms with Crippen LogP contribution in [0.25, 0.3) is 0 Å². The number of rotatable bonds is 5. The molecule has 1 aliphatic heterocycles. The van der Waals surface area contributed by atoms with Gasteiger partial charge in [0.1, 0.15) is 29.5 Å². The lowest BCUT2D eigenvalue weighted by atomic mass is 9.87. The summed E-state index contributed by atoms with van der Waals surface area (Å²) >= 11 is 0. The maximum Gasteiger partial charge on any atom is 0.259 e. The molecule has 3 aromatic rings. The summed E-state index contributed by atoms with van der Waals surface area (Å²) in [5.41, 5.74) is 4.65. The highest BCUT2D eigenvalue weighted by molar-refractivity contribution is 6.05. The van der Waals surface area contributed by atoms with E-state index in [1.807, 2.05) is 45.0 Å². The van der Waals surface area contributed by atoms with E-state index in [1.165, 1.54) is 0 Å². The van der Waals surface area contributed by atoms with Gasteiger partial charge in [0.15, 0.2) is 0 Å². The van der Waals surface area contributed by atoms with Crippen LogP contribution in [-0.2, 0) is 6.42 Å². The molecule has 0 bridgehead atoms. The van der Waals surface area contributed by atoms with Crippen molar-refractivity contribution >= 4 is 11.6 Å². The topological polar surface area (TPSA) is 71.9 Å². The van der Waals surface area contributed by atoms with Gasteiger partial charge in [-0.15, -0.1) is 0 Å². The Morgan fingerprint density at radius 3 is 2.55 bits per heavy atom. The normalized spacial score (nSPS) is 17.1. The number of aromatic nitrogens is 1. The predicted molar refractivity (Wildman–Crippen MR) is 129 cm³/mol. The summed E-state index contributed by atoms with van der Waals surface area (Å²) in [4.78, 5) is 18.2. The molecule has 6 heteroatoms. The van der Waals surface area contributed by atoms with Crippen LogP contribution in [0.15, 0.2) is 48.8 Å². The second-order valence-electron chi connectivity index (χ2n) is 8.97. The van der Waals surface area contributed by atoms with Crippen LogP contribution in [-0.4, -0.2) is 35.3 Å². The van der Waals surface area contributed by atoms with Gasteiger partial charge in [0.2, 0.25) is 0 Å². The summed E-state index contributed by atoms with van der Waals surface area (Å²) in [5, 5.41) is 10.4. The van der Waals surface area contributed by atoms with Crippen LogP contribution in [0.2, 0.25) is 0 Å². The SMILES string of the molecule is Cc1c(C)c2c(c(C)c1O)CCC(C)(COc1ccc(N(C)C(=O)c3cccnc3)cc1)O2. The number of pyridine rings is 1. The molecular formula is C27H30N2O4. The Morgan fingerprint density at radius 2 is 1.88 bits per heavy atom. The first kappa shape index (κ1) is 22.6. The molecule has 1 N–H and O–H groups in total. The average Bonchev–Trinajstić information content (AvgIpc) is 2.85. The average molecular weight is 447 g/mol. The lowest BCUT2D eigenvalue weighted by molar-refractivity contribution is 0.0166. The largest absolute Gasteiger partial charge is 0.507 e. The zero-order valence-electron chi connectivity index (χ0n) is 19.8. The van der Waals surface area contributed by atoms with E-state index in [9.17, 15) is 9.90 Å². The molecule has 1 aromatic heterocycles. The molecule has 1 atom stereocenters. The number of hydrogen-bond acceptors (Lipinski definition) is 5. The van der Waals surface area contributed by atoms with E-state index < -0.39 is 5.60 Å². The summed E-state index contributed by atoms with van der Waals surface area (Å²) in [5.74, 6) is 1.82. The van der Waals surface area contributed by atoms with Crippen LogP contribution in [0, 0.1) is 20.8 Å². The first-order chi connectivity index (χ1) is 15.7. The zero-order chi connectivity index (χ0) is 23.8. The van der Waals surface area contributed by atoms with Crippen molar-refractivity contribution in [3.63, 3.8) is 0 Å². The van der Waals surface area contributed by atoms with Crippen LogP contribution >= 0.6 is 0 Å². The zero-order valence-corrected chi connectivity index (χ0v) is 19.8. The van der Waals surface area contributed by atoms with E-state index in [2.05, 4.69) is 11.9 Å². The molecule has 1 aliphatic rings. The first-order valence-corrected chi connectivity index (χ1v) is 11.1. The van der Waals surface area contributed by atoms with Crippen LogP contribution < -0.4 is 14.4 Å². The molecule has 0 fully saturated rings. The molecule has 0 saturated heterocycles. The lowest BCUT2D eigenvalue weighted by Crippen LogP contribution is -2.42. The molecule has 0 radical (unpaired) electrons. The number of benzene rings is 2. The maximum absolute atomic E-state index is 12.6. The van der Waals surface area contributed by atoms with Crippen molar-refractivity contribution in [3.8, 4) is 17.2 Å². The summed E-state index contributed by atoms with van der Waals surface area (Å²) in [6.45, 7) is 8.31. The van der Waals surface area contributed by atoms with Crippen LogP contribution in [0.4, 0.5) is 5.69 Å². The summed E-state index contributed by atoms with van der Waals surface area (Å²) in [6.07, 6.45) is 4.83. The van der Waals surface area contributed by atoms with Crippen LogP contribution in [0.1, 0.15) is 46.0 Å². The van der Waals surface area contributed by atoms with Crippen molar-refractivity contribution < 1.29 is 19.4 Å². The van der Waals surface area contributed by atoms with Crippen molar-refractivity contribution in [2.75, 3.05) is 18.6 Å². The van der Waals surface area contributed by atoms with E-state index in [-0.39, 0.29) is 5.91 Å². The predicted octanol–water partition coefficient (Wildman–Crippen LogP) is 5.15. The third-order valence-corrected chi connectivity index (χ3v) is 6.57. The number of anilines is 1. The number of hydrogen-bond donors (Lipinski definition) is 1. The number of nitrogens with zero attached hydrogens (tertiary/aromatic N) is 2. The van der Waals surface area contributed by atoms with Gasteiger partial charge in [0, 0.05) is 30.7 Å². The fourth-order valence-electron chi connectivity index (χ4n) is 4.20. The monoisotopic (exact) mass is 446 g/mol. The molecule has 2 aromatic carbocycles. The number of phenols is 1. The molecule has 0 saturated carbocycles. The Hall–Kier alpha value is -3.54. The van der Waals surface area contributed by atoms with E-state index in [1.54, 1.807) is 36.5 Å². The molecule has 0 spiro atoms. The third-order valence-electron chi connectivity index (χ3n) is 6.57. The van der Waals surface area contributed by atoms with Gasteiger partial charge in [-0.25, -0.2) is 0 Å². The molecular weight excluding hydrogens is 416 g/mol. The van der Waals surface area contributed by atoms with E-state index in [0.717, 1.165) is 46.5 Å². The number of amides is 1. The second-order valence-corrected chi connectivity index (χ2v) is 8.97. The van der Waals surface area contributed by atoms with Gasteiger partial charge in [0.25, 0.3) is 5.91 Å². The Balaban J connectivity index is 1.43. The Kier molecular flexibility index (Phi) is 6.02. The standard InChI is InChI=1S/C27H30N2O4/c1-17-18(2)25-23(19(3)24(17)30)12-13-27(4,33-25)16-32-22-10-8-21(9-11-22)29(5)26(31)20-7-6-14-28-15-20/h6-11,14-15,30H,12-13,16H2,1-5H3. The van der Waals surface area contributed by atoms with Gasteiger partial charge < -0.3 is 19.5 Å². The van der Waals surface area contributed by atoms with Crippen molar-refractivity contribution in [3.05, 3.63) is 76.6 Å². The highest BCUT2D eigenvalue weighted by Gasteiger charge is 2.35. The minimum absolute atomic E-state index is 0.120. The van der Waals surface area contributed by atoms with Gasteiger partial charge in [-0.2, -0.15) is 0 Å². The number of fused-ring (bicyclic) bond motifs is 1. The van der Waals surface area contributed by atoms with Gasteiger partial charge in [-0.1, -0.05) is 0 Å². The van der Waals surface area contributed by atoms with Gasteiger partial charge >= 0.3 is 0 Å². The molecule has 33 heavy (non-hydrogen) atoms. The molecule has 6 nitrogen and oxygen atoms in total. The number of phenolic OH excluding ortho intramolecular Hbond substituents is 1. The third kappa shape index (κ3) is 4.38. The van der Waals surface area contributed by atoms with Crippen molar-refractivity contribution in [2.45, 2.75) is 46.1 Å². The first-order valence-electron chi connectivity index (χ1n) is 11.1. The molecule has 1 amide bonds. The minimum atomic E-state index is -0.473. The fraction of sp³-hybridized carbons (Fsp3) is 0.333. The highest BCUT2D eigenvalue weighted by Crippen LogP contribution is 2.43.